The van der Waals surface area contributed by atoms with E-state index in [0.717, 1.165) is 37.7 Å². The highest BCUT2D eigenvalue weighted by Gasteiger charge is 2.17. The van der Waals surface area contributed by atoms with Gasteiger partial charge in [-0.15, -0.1) is 11.3 Å². The molecule has 1 fully saturated rings. The first-order valence-electron chi connectivity index (χ1n) is 8.17. The van der Waals surface area contributed by atoms with Crippen LogP contribution < -0.4 is 16.0 Å². The molecule has 1 amide bonds. The van der Waals surface area contributed by atoms with Crippen LogP contribution in [-0.4, -0.2) is 32.2 Å². The number of hydrogen-bond donors (Lipinski definition) is 2. The summed E-state index contributed by atoms with van der Waals surface area (Å²) in [4.78, 5) is 14.7. The lowest BCUT2D eigenvalue weighted by Gasteiger charge is -2.32. The second-order valence-electron chi connectivity index (χ2n) is 5.93. The van der Waals surface area contributed by atoms with Crippen molar-refractivity contribution in [2.75, 3.05) is 31.2 Å². The highest BCUT2D eigenvalue weighted by atomic mass is 32.1. The normalized spacial score (nSPS) is 16.1. The first kappa shape index (κ1) is 17.0. The van der Waals surface area contributed by atoms with Gasteiger partial charge in [0, 0.05) is 41.6 Å². The number of carbonyl (C=O) groups is 1. The fraction of sp³-hybridized carbons (Fsp3) is 0.389. The zero-order chi connectivity index (χ0) is 16.9. The van der Waals surface area contributed by atoms with E-state index in [-0.39, 0.29) is 11.9 Å². The minimum Gasteiger partial charge on any atom is -0.378 e. The van der Waals surface area contributed by atoms with Gasteiger partial charge in [-0.2, -0.15) is 0 Å². The number of ether oxygens (including phenoxy) is 1. The summed E-state index contributed by atoms with van der Waals surface area (Å²) < 4.78 is 5.45. The van der Waals surface area contributed by atoms with Gasteiger partial charge in [0.2, 0.25) is 5.91 Å². The predicted molar refractivity (Wildman–Crippen MR) is 97.6 cm³/mol. The quantitative estimate of drug-likeness (QED) is 0.844. The summed E-state index contributed by atoms with van der Waals surface area (Å²) in [6, 6.07) is 10.6. The number of carbonyl (C=O) groups excluding carboxylic acids is 1. The molecule has 24 heavy (non-hydrogen) atoms. The second kappa shape index (κ2) is 7.79. The van der Waals surface area contributed by atoms with Gasteiger partial charge in [-0.1, -0.05) is 18.2 Å². The maximum atomic E-state index is 11.2. The van der Waals surface area contributed by atoms with Gasteiger partial charge in [0.1, 0.15) is 0 Å². The van der Waals surface area contributed by atoms with E-state index in [4.69, 9.17) is 10.5 Å². The molecular formula is C18H23N3O2S. The maximum absolute atomic E-state index is 11.2. The summed E-state index contributed by atoms with van der Waals surface area (Å²) >= 11 is 1.56. The lowest BCUT2D eigenvalue weighted by molar-refractivity contribution is 0.100. The first-order chi connectivity index (χ1) is 11.6. The largest absolute Gasteiger partial charge is 0.378 e. The fourth-order valence-corrected chi connectivity index (χ4v) is 3.74. The topological polar surface area (TPSA) is 67.6 Å². The molecule has 1 saturated heterocycles. The zero-order valence-corrected chi connectivity index (χ0v) is 14.6. The number of nitrogens with two attached hydrogens (primary N) is 1. The summed E-state index contributed by atoms with van der Waals surface area (Å²) in [7, 11) is 0. The van der Waals surface area contributed by atoms with Gasteiger partial charge in [0.15, 0.2) is 0 Å². The fourth-order valence-electron chi connectivity index (χ4n) is 2.91. The maximum Gasteiger partial charge on any atom is 0.249 e. The Morgan fingerprint density at radius 3 is 2.83 bits per heavy atom. The lowest BCUT2D eigenvalue weighted by Crippen LogP contribution is -2.37. The molecule has 1 aliphatic rings. The van der Waals surface area contributed by atoms with Crippen molar-refractivity contribution in [3.8, 4) is 0 Å². The average molecular weight is 345 g/mol. The van der Waals surface area contributed by atoms with Crippen LogP contribution in [-0.2, 0) is 11.3 Å². The third-order valence-electron chi connectivity index (χ3n) is 4.28. The number of primary amides is 1. The SMILES string of the molecule is C[C@H](NCc1cc(C(N)=O)cs1)c1ccccc1N1CCOCC1. The first-order valence-corrected chi connectivity index (χ1v) is 9.05. The van der Waals surface area contributed by atoms with E-state index in [0.29, 0.717) is 5.56 Å². The molecule has 0 spiro atoms. The van der Waals surface area contributed by atoms with Gasteiger partial charge in [-0.25, -0.2) is 0 Å². The molecule has 0 saturated carbocycles. The average Bonchev–Trinajstić information content (AvgIpc) is 3.10. The molecule has 5 nitrogen and oxygen atoms in total. The number of thiophene rings is 1. The van der Waals surface area contributed by atoms with E-state index in [9.17, 15) is 4.79 Å². The highest BCUT2D eigenvalue weighted by molar-refractivity contribution is 7.10. The third-order valence-corrected chi connectivity index (χ3v) is 5.21. The van der Waals surface area contributed by atoms with Crippen LogP contribution in [0.3, 0.4) is 0 Å². The molecule has 1 aromatic heterocycles. The molecule has 3 rings (SSSR count). The van der Waals surface area contributed by atoms with Crippen LogP contribution in [0.15, 0.2) is 35.7 Å². The Bertz CT molecular complexity index is 695. The van der Waals surface area contributed by atoms with Crippen molar-refractivity contribution in [3.63, 3.8) is 0 Å². The minimum atomic E-state index is -0.372. The van der Waals surface area contributed by atoms with Gasteiger partial charge in [-0.3, -0.25) is 4.79 Å². The highest BCUT2D eigenvalue weighted by Crippen LogP contribution is 2.27. The Kier molecular flexibility index (Phi) is 5.50. The summed E-state index contributed by atoms with van der Waals surface area (Å²) in [5, 5.41) is 5.36. The molecule has 1 atom stereocenters. The van der Waals surface area contributed by atoms with Crippen LogP contribution in [0.4, 0.5) is 5.69 Å². The van der Waals surface area contributed by atoms with Crippen molar-refractivity contribution in [2.45, 2.75) is 19.5 Å². The molecule has 0 aliphatic carbocycles. The molecule has 0 radical (unpaired) electrons. The number of nitrogens with zero attached hydrogens (tertiary/aromatic N) is 1. The molecule has 0 bridgehead atoms. The number of benzene rings is 1. The van der Waals surface area contributed by atoms with E-state index in [1.807, 2.05) is 11.4 Å². The zero-order valence-electron chi connectivity index (χ0n) is 13.8. The standard InChI is InChI=1S/C18H23N3O2S/c1-13(20-11-15-10-14(12-24-15)18(19)22)16-4-2-3-5-17(16)21-6-8-23-9-7-21/h2-5,10,12-13,20H,6-9,11H2,1H3,(H2,19,22)/t13-/m0/s1. The van der Waals surface area contributed by atoms with Crippen LogP contribution in [0.2, 0.25) is 0 Å². The molecular weight excluding hydrogens is 322 g/mol. The van der Waals surface area contributed by atoms with E-state index in [1.54, 1.807) is 11.3 Å². The van der Waals surface area contributed by atoms with Crippen molar-refractivity contribution in [2.24, 2.45) is 5.73 Å². The Morgan fingerprint density at radius 2 is 2.12 bits per heavy atom. The molecule has 128 valence electrons. The number of anilines is 1. The molecule has 6 heteroatoms. The monoisotopic (exact) mass is 345 g/mol. The van der Waals surface area contributed by atoms with Crippen LogP contribution in [0.25, 0.3) is 0 Å². The van der Waals surface area contributed by atoms with Crippen LogP contribution in [0, 0.1) is 0 Å². The second-order valence-corrected chi connectivity index (χ2v) is 6.92. The minimum absolute atomic E-state index is 0.211. The Labute approximate surface area is 146 Å². The van der Waals surface area contributed by atoms with Crippen molar-refractivity contribution < 1.29 is 9.53 Å². The number of hydrogen-bond acceptors (Lipinski definition) is 5. The van der Waals surface area contributed by atoms with E-state index >= 15 is 0 Å². The van der Waals surface area contributed by atoms with E-state index in [2.05, 4.69) is 41.4 Å². The van der Waals surface area contributed by atoms with Crippen LogP contribution in [0.5, 0.6) is 0 Å². The van der Waals surface area contributed by atoms with Crippen LogP contribution >= 0.6 is 11.3 Å². The van der Waals surface area contributed by atoms with E-state index in [1.165, 1.54) is 11.3 Å². The molecule has 2 heterocycles. The smallest absolute Gasteiger partial charge is 0.249 e. The number of amides is 1. The van der Waals surface area contributed by atoms with Crippen molar-refractivity contribution >= 4 is 22.9 Å². The third kappa shape index (κ3) is 3.95. The van der Waals surface area contributed by atoms with Gasteiger partial charge in [0.25, 0.3) is 0 Å². The molecule has 1 aliphatic heterocycles. The molecule has 0 unspecified atom stereocenters. The Hall–Kier alpha value is -1.89. The van der Waals surface area contributed by atoms with Gasteiger partial charge in [0.05, 0.1) is 18.8 Å². The number of para-hydroxylation sites is 1. The summed E-state index contributed by atoms with van der Waals surface area (Å²) in [5.41, 5.74) is 8.44. The van der Waals surface area contributed by atoms with Crippen molar-refractivity contribution in [1.82, 2.24) is 5.32 Å². The number of nitrogens with one attached hydrogen (secondary N) is 1. The Balaban J connectivity index is 1.68. The van der Waals surface area contributed by atoms with Crippen LogP contribution in [0.1, 0.15) is 33.8 Å². The molecule has 3 N–H and O–H groups in total. The lowest BCUT2D eigenvalue weighted by atomic mass is 10.0. The summed E-state index contributed by atoms with van der Waals surface area (Å²) in [6.45, 7) is 6.30. The molecule has 2 aromatic rings. The van der Waals surface area contributed by atoms with Gasteiger partial charge < -0.3 is 20.7 Å². The number of rotatable bonds is 6. The van der Waals surface area contributed by atoms with E-state index < -0.39 is 0 Å². The Morgan fingerprint density at radius 1 is 1.38 bits per heavy atom. The van der Waals surface area contributed by atoms with Gasteiger partial charge in [-0.05, 0) is 24.6 Å². The molecule has 1 aromatic carbocycles. The van der Waals surface area contributed by atoms with Gasteiger partial charge >= 0.3 is 0 Å². The predicted octanol–water partition coefficient (Wildman–Crippen LogP) is 2.53. The van der Waals surface area contributed by atoms with Crippen molar-refractivity contribution in [3.05, 3.63) is 51.7 Å². The summed E-state index contributed by atoms with van der Waals surface area (Å²) in [6.07, 6.45) is 0. The number of morpholine rings is 1. The van der Waals surface area contributed by atoms with Crippen molar-refractivity contribution in [1.29, 1.82) is 0 Å². The summed E-state index contributed by atoms with van der Waals surface area (Å²) in [5.74, 6) is -0.372.